The number of thiophene rings is 1. The van der Waals surface area contributed by atoms with Gasteiger partial charge in [0.25, 0.3) is 0 Å². The highest BCUT2D eigenvalue weighted by molar-refractivity contribution is 9.11. The van der Waals surface area contributed by atoms with Crippen LogP contribution < -0.4 is 5.73 Å². The summed E-state index contributed by atoms with van der Waals surface area (Å²) in [4.78, 5) is 2.48. The van der Waals surface area contributed by atoms with Crippen molar-refractivity contribution in [2.24, 2.45) is 11.7 Å². The first-order valence-corrected chi connectivity index (χ1v) is 8.61. The van der Waals surface area contributed by atoms with Crippen molar-refractivity contribution >= 4 is 43.2 Å². The van der Waals surface area contributed by atoms with Gasteiger partial charge in [-0.1, -0.05) is 45.7 Å². The molecule has 1 nitrogen and oxygen atoms in total. The molecule has 0 fully saturated rings. The summed E-state index contributed by atoms with van der Waals surface area (Å²) >= 11 is 9.08. The van der Waals surface area contributed by atoms with Gasteiger partial charge in [0, 0.05) is 30.3 Å². The molecule has 0 amide bonds. The van der Waals surface area contributed by atoms with E-state index in [4.69, 9.17) is 5.73 Å². The van der Waals surface area contributed by atoms with E-state index in [9.17, 15) is 0 Å². The maximum atomic E-state index is 6.22. The van der Waals surface area contributed by atoms with Crippen molar-refractivity contribution < 1.29 is 0 Å². The summed E-state index contributed by atoms with van der Waals surface area (Å²) < 4.78 is 2.23. The second-order valence-corrected chi connectivity index (χ2v) is 7.90. The Bertz CT molecular complexity index is 567. The summed E-state index contributed by atoms with van der Waals surface area (Å²) in [6, 6.07) is 8.69. The third-order valence-electron chi connectivity index (χ3n) is 3.11. The Hall–Kier alpha value is -0.160. The summed E-state index contributed by atoms with van der Waals surface area (Å²) in [5.74, 6) is 0.455. The van der Waals surface area contributed by atoms with Crippen LogP contribution in [0.2, 0.25) is 0 Å². The Kier molecular flexibility index (Phi) is 4.88. The third kappa shape index (κ3) is 3.30. The lowest BCUT2D eigenvalue weighted by Crippen LogP contribution is -2.14. The van der Waals surface area contributed by atoms with Crippen LogP contribution in [0.25, 0.3) is 10.4 Å². The zero-order valence-corrected chi connectivity index (χ0v) is 15.2. The number of benzene rings is 1. The van der Waals surface area contributed by atoms with Crippen molar-refractivity contribution in [3.63, 3.8) is 0 Å². The number of rotatable bonds is 3. The lowest BCUT2D eigenvalue weighted by molar-refractivity contribution is 0.521. The first-order chi connectivity index (χ1) is 8.90. The van der Waals surface area contributed by atoms with E-state index in [1.807, 2.05) is 0 Å². The van der Waals surface area contributed by atoms with Crippen LogP contribution >= 0.6 is 43.2 Å². The standard InChI is InChI=1S/C15H17Br2NS/c1-8(2)15(18)13-5-4-12(19-13)14-10(16)6-9(3)7-11(14)17/h4-8,15H,18H2,1-3H3. The molecular formula is C15H17Br2NS. The van der Waals surface area contributed by atoms with E-state index >= 15 is 0 Å². The van der Waals surface area contributed by atoms with Crippen molar-refractivity contribution in [3.8, 4) is 10.4 Å². The van der Waals surface area contributed by atoms with Crippen LogP contribution in [0.15, 0.2) is 33.2 Å². The number of nitrogens with two attached hydrogens (primary N) is 1. The predicted octanol–water partition coefficient (Wildman–Crippen LogP) is 5.90. The van der Waals surface area contributed by atoms with E-state index in [-0.39, 0.29) is 6.04 Å². The molecule has 1 heterocycles. The van der Waals surface area contributed by atoms with Crippen molar-refractivity contribution in [2.45, 2.75) is 26.8 Å². The van der Waals surface area contributed by atoms with E-state index < -0.39 is 0 Å². The molecule has 0 aliphatic heterocycles. The summed E-state index contributed by atoms with van der Waals surface area (Å²) in [6.45, 7) is 6.40. The van der Waals surface area contributed by atoms with E-state index in [1.165, 1.54) is 20.9 Å². The van der Waals surface area contributed by atoms with E-state index in [2.05, 4.69) is 76.9 Å². The molecule has 2 rings (SSSR count). The summed E-state index contributed by atoms with van der Waals surface area (Å²) in [5, 5.41) is 0. The first kappa shape index (κ1) is 15.2. The smallest absolute Gasteiger partial charge is 0.0413 e. The van der Waals surface area contributed by atoms with Gasteiger partial charge >= 0.3 is 0 Å². The molecule has 1 aromatic carbocycles. The Morgan fingerprint density at radius 1 is 1.11 bits per heavy atom. The molecule has 102 valence electrons. The van der Waals surface area contributed by atoms with Gasteiger partial charge in [-0.2, -0.15) is 0 Å². The molecule has 4 heteroatoms. The molecule has 0 saturated carbocycles. The van der Waals surface area contributed by atoms with Crippen molar-refractivity contribution in [1.29, 1.82) is 0 Å². The molecule has 0 bridgehead atoms. The Labute approximate surface area is 135 Å². The van der Waals surface area contributed by atoms with Crippen LogP contribution in [-0.2, 0) is 0 Å². The third-order valence-corrected chi connectivity index (χ3v) is 5.56. The summed E-state index contributed by atoms with van der Waals surface area (Å²) in [6.07, 6.45) is 0. The van der Waals surface area contributed by atoms with Crippen molar-refractivity contribution in [2.75, 3.05) is 0 Å². The average molecular weight is 403 g/mol. The van der Waals surface area contributed by atoms with Gasteiger partial charge in [0.1, 0.15) is 0 Å². The number of halogens is 2. The van der Waals surface area contributed by atoms with Crippen LogP contribution in [0.1, 0.15) is 30.3 Å². The van der Waals surface area contributed by atoms with Gasteiger partial charge in [0.05, 0.1) is 0 Å². The number of hydrogen-bond acceptors (Lipinski definition) is 2. The van der Waals surface area contributed by atoms with Crippen LogP contribution in [0.4, 0.5) is 0 Å². The molecular weight excluding hydrogens is 386 g/mol. The van der Waals surface area contributed by atoms with Gasteiger partial charge in [0.2, 0.25) is 0 Å². The van der Waals surface area contributed by atoms with Gasteiger partial charge in [-0.3, -0.25) is 0 Å². The molecule has 0 aliphatic carbocycles. The summed E-state index contributed by atoms with van der Waals surface area (Å²) in [5.41, 5.74) is 8.66. The second-order valence-electron chi connectivity index (χ2n) is 5.08. The van der Waals surface area contributed by atoms with E-state index in [0.717, 1.165) is 8.95 Å². The second kappa shape index (κ2) is 6.08. The van der Waals surface area contributed by atoms with Crippen LogP contribution in [-0.4, -0.2) is 0 Å². The van der Waals surface area contributed by atoms with Gasteiger partial charge in [0.15, 0.2) is 0 Å². The average Bonchev–Trinajstić information content (AvgIpc) is 2.75. The molecule has 0 saturated heterocycles. The van der Waals surface area contributed by atoms with E-state index in [1.54, 1.807) is 11.3 Å². The fraction of sp³-hybridized carbons (Fsp3) is 0.333. The highest BCUT2D eigenvalue weighted by Crippen LogP contribution is 2.41. The first-order valence-electron chi connectivity index (χ1n) is 6.21. The number of hydrogen-bond donors (Lipinski definition) is 1. The summed E-state index contributed by atoms with van der Waals surface area (Å²) in [7, 11) is 0. The molecule has 1 unspecified atom stereocenters. The maximum absolute atomic E-state index is 6.22. The normalized spacial score (nSPS) is 13.0. The topological polar surface area (TPSA) is 26.0 Å². The molecule has 2 N–H and O–H groups in total. The largest absolute Gasteiger partial charge is 0.323 e. The fourth-order valence-electron chi connectivity index (χ4n) is 1.93. The maximum Gasteiger partial charge on any atom is 0.0413 e. The number of aryl methyl sites for hydroxylation is 1. The highest BCUT2D eigenvalue weighted by atomic mass is 79.9. The SMILES string of the molecule is Cc1cc(Br)c(-c2ccc(C(N)C(C)C)s2)c(Br)c1. The minimum Gasteiger partial charge on any atom is -0.323 e. The zero-order chi connectivity index (χ0) is 14.2. The fourth-order valence-corrected chi connectivity index (χ4v) is 5.29. The van der Waals surface area contributed by atoms with Gasteiger partial charge in [-0.25, -0.2) is 0 Å². The van der Waals surface area contributed by atoms with E-state index in [0.29, 0.717) is 5.92 Å². The Morgan fingerprint density at radius 2 is 1.68 bits per heavy atom. The van der Waals surface area contributed by atoms with Crippen LogP contribution in [0, 0.1) is 12.8 Å². The molecule has 0 aliphatic rings. The highest BCUT2D eigenvalue weighted by Gasteiger charge is 2.16. The molecule has 0 spiro atoms. The molecule has 0 radical (unpaired) electrons. The molecule has 1 atom stereocenters. The van der Waals surface area contributed by atoms with Gasteiger partial charge < -0.3 is 5.73 Å². The quantitative estimate of drug-likeness (QED) is 0.678. The lowest BCUT2D eigenvalue weighted by atomic mass is 10.0. The van der Waals surface area contributed by atoms with Gasteiger partial charge in [-0.05, 0) is 42.7 Å². The Balaban J connectivity index is 2.44. The zero-order valence-electron chi connectivity index (χ0n) is 11.2. The molecule has 1 aromatic heterocycles. The lowest BCUT2D eigenvalue weighted by Gasteiger charge is -2.13. The van der Waals surface area contributed by atoms with Crippen LogP contribution in [0.3, 0.4) is 0 Å². The predicted molar refractivity (Wildman–Crippen MR) is 91.7 cm³/mol. The minimum absolute atomic E-state index is 0.113. The monoisotopic (exact) mass is 401 g/mol. The van der Waals surface area contributed by atoms with Gasteiger partial charge in [-0.15, -0.1) is 11.3 Å². The van der Waals surface area contributed by atoms with Crippen molar-refractivity contribution in [3.05, 3.63) is 43.7 Å². The molecule has 2 aromatic rings. The molecule has 19 heavy (non-hydrogen) atoms. The minimum atomic E-state index is 0.113. The van der Waals surface area contributed by atoms with Crippen molar-refractivity contribution in [1.82, 2.24) is 0 Å². The van der Waals surface area contributed by atoms with Crippen LogP contribution in [0.5, 0.6) is 0 Å². The Morgan fingerprint density at radius 3 is 2.21 bits per heavy atom.